The van der Waals surface area contributed by atoms with Gasteiger partial charge in [0.15, 0.2) is 0 Å². The molecule has 108 valence electrons. The van der Waals surface area contributed by atoms with Gasteiger partial charge < -0.3 is 10.2 Å². The molecule has 2 aliphatic rings. The summed E-state index contributed by atoms with van der Waals surface area (Å²) in [6, 6.07) is 8.55. The van der Waals surface area contributed by atoms with Gasteiger partial charge in [-0.15, -0.1) is 0 Å². The van der Waals surface area contributed by atoms with Crippen LogP contribution >= 0.6 is 0 Å². The summed E-state index contributed by atoms with van der Waals surface area (Å²) >= 11 is 0. The summed E-state index contributed by atoms with van der Waals surface area (Å²) in [6.45, 7) is 5.77. The highest BCUT2D eigenvalue weighted by atomic mass is 16.2. The van der Waals surface area contributed by atoms with Crippen LogP contribution in [0.1, 0.15) is 36.8 Å². The molecule has 0 aromatic heterocycles. The van der Waals surface area contributed by atoms with Gasteiger partial charge in [0.1, 0.15) is 0 Å². The minimum absolute atomic E-state index is 0.0613. The van der Waals surface area contributed by atoms with Gasteiger partial charge in [-0.3, -0.25) is 4.79 Å². The van der Waals surface area contributed by atoms with Gasteiger partial charge >= 0.3 is 0 Å². The smallest absolute Gasteiger partial charge is 0.229 e. The maximum atomic E-state index is 12.9. The summed E-state index contributed by atoms with van der Waals surface area (Å²) in [5, 5.41) is 3.38. The van der Waals surface area contributed by atoms with E-state index in [0.717, 1.165) is 51.9 Å². The van der Waals surface area contributed by atoms with Gasteiger partial charge in [0.25, 0.3) is 0 Å². The molecule has 0 radical (unpaired) electrons. The number of nitrogens with zero attached hydrogens (tertiary/aromatic N) is 1. The first-order chi connectivity index (χ1) is 9.70. The first-order valence-corrected chi connectivity index (χ1v) is 7.75. The topological polar surface area (TPSA) is 32.3 Å². The lowest BCUT2D eigenvalue weighted by atomic mass is 9.72. The summed E-state index contributed by atoms with van der Waals surface area (Å²) in [6.07, 6.45) is 4.25. The molecule has 1 spiro atoms. The van der Waals surface area contributed by atoms with Crippen LogP contribution in [0, 0.1) is 12.3 Å². The third-order valence-corrected chi connectivity index (χ3v) is 4.88. The normalized spacial score (nSPS) is 22.2. The Bertz CT molecular complexity index is 469. The molecule has 0 aliphatic carbocycles. The molecule has 2 aliphatic heterocycles. The van der Waals surface area contributed by atoms with E-state index in [9.17, 15) is 4.79 Å². The van der Waals surface area contributed by atoms with Gasteiger partial charge in [0.2, 0.25) is 5.91 Å². The number of aryl methyl sites for hydroxylation is 1. The van der Waals surface area contributed by atoms with Gasteiger partial charge in [-0.25, -0.2) is 0 Å². The highest BCUT2D eigenvalue weighted by molar-refractivity contribution is 5.83. The maximum Gasteiger partial charge on any atom is 0.229 e. The second-order valence-electron chi connectivity index (χ2n) is 6.35. The van der Waals surface area contributed by atoms with Crippen LogP contribution in [0.2, 0.25) is 0 Å². The molecule has 0 saturated carbocycles. The Hall–Kier alpha value is -1.35. The van der Waals surface area contributed by atoms with E-state index in [1.807, 2.05) is 0 Å². The molecule has 2 saturated heterocycles. The van der Waals surface area contributed by atoms with Crippen LogP contribution in [0.15, 0.2) is 24.3 Å². The molecule has 1 amide bonds. The molecule has 2 fully saturated rings. The van der Waals surface area contributed by atoms with Crippen LogP contribution in [0.5, 0.6) is 0 Å². The largest absolute Gasteiger partial charge is 0.338 e. The van der Waals surface area contributed by atoms with E-state index < -0.39 is 0 Å². The molecule has 0 bridgehead atoms. The highest BCUT2D eigenvalue weighted by Crippen LogP contribution is 2.39. The molecule has 0 unspecified atom stereocenters. The van der Waals surface area contributed by atoms with Gasteiger partial charge in [0.05, 0.1) is 5.41 Å². The third-order valence-electron chi connectivity index (χ3n) is 4.88. The number of nitrogens with one attached hydrogen (secondary N) is 1. The molecule has 2 heterocycles. The zero-order valence-electron chi connectivity index (χ0n) is 12.3. The number of benzene rings is 1. The summed E-state index contributed by atoms with van der Waals surface area (Å²) in [4.78, 5) is 15.0. The molecule has 3 rings (SSSR count). The van der Waals surface area contributed by atoms with Crippen molar-refractivity contribution >= 4 is 5.91 Å². The molecular weight excluding hydrogens is 248 g/mol. The van der Waals surface area contributed by atoms with Crippen LogP contribution in [-0.4, -0.2) is 30.4 Å². The predicted molar refractivity (Wildman–Crippen MR) is 80.4 cm³/mol. The number of amides is 1. The first-order valence-electron chi connectivity index (χ1n) is 7.75. The van der Waals surface area contributed by atoms with E-state index in [-0.39, 0.29) is 5.41 Å². The van der Waals surface area contributed by atoms with Gasteiger partial charge in [0, 0.05) is 13.1 Å². The number of likely N-dealkylation sites (tertiary alicyclic amines) is 1. The summed E-state index contributed by atoms with van der Waals surface area (Å²) in [7, 11) is 0. The van der Waals surface area contributed by atoms with Crippen molar-refractivity contribution in [2.24, 2.45) is 5.41 Å². The second-order valence-corrected chi connectivity index (χ2v) is 6.35. The number of piperidine rings is 2. The van der Waals surface area contributed by atoms with Crippen molar-refractivity contribution in [2.45, 2.75) is 39.2 Å². The average Bonchev–Trinajstić information content (AvgIpc) is 2.47. The Morgan fingerprint density at radius 1 is 1.15 bits per heavy atom. The lowest BCUT2D eigenvalue weighted by Crippen LogP contribution is -2.52. The Morgan fingerprint density at radius 2 is 1.85 bits per heavy atom. The van der Waals surface area contributed by atoms with E-state index in [1.165, 1.54) is 11.1 Å². The average molecular weight is 272 g/mol. The lowest BCUT2D eigenvalue weighted by molar-refractivity contribution is -0.149. The fourth-order valence-electron chi connectivity index (χ4n) is 3.59. The minimum atomic E-state index is -0.0613. The molecular formula is C17H24N2O. The quantitative estimate of drug-likeness (QED) is 0.897. The number of hydrogen-bond donors (Lipinski definition) is 1. The van der Waals surface area contributed by atoms with Gasteiger partial charge in [-0.1, -0.05) is 29.8 Å². The predicted octanol–water partition coefficient (Wildman–Crippen LogP) is 2.49. The Kier molecular flexibility index (Phi) is 3.79. The molecule has 0 atom stereocenters. The Balaban J connectivity index is 1.73. The number of hydrogen-bond acceptors (Lipinski definition) is 2. The van der Waals surface area contributed by atoms with Crippen LogP contribution < -0.4 is 5.32 Å². The zero-order valence-corrected chi connectivity index (χ0v) is 12.3. The van der Waals surface area contributed by atoms with E-state index in [1.54, 1.807) is 0 Å². The van der Waals surface area contributed by atoms with E-state index in [2.05, 4.69) is 41.4 Å². The van der Waals surface area contributed by atoms with Crippen LogP contribution in [0.25, 0.3) is 0 Å². The second kappa shape index (κ2) is 5.57. The van der Waals surface area contributed by atoms with Crippen molar-refractivity contribution in [1.82, 2.24) is 10.2 Å². The molecule has 1 aromatic carbocycles. The maximum absolute atomic E-state index is 12.9. The lowest BCUT2D eigenvalue weighted by Gasteiger charge is -2.44. The van der Waals surface area contributed by atoms with E-state index in [4.69, 9.17) is 0 Å². The Labute approximate surface area is 121 Å². The molecule has 1 aromatic rings. The van der Waals surface area contributed by atoms with Crippen LogP contribution in [0.4, 0.5) is 0 Å². The van der Waals surface area contributed by atoms with Crippen molar-refractivity contribution in [3.63, 3.8) is 0 Å². The molecule has 1 N–H and O–H groups in total. The van der Waals surface area contributed by atoms with Gasteiger partial charge in [-0.2, -0.15) is 0 Å². The molecule has 20 heavy (non-hydrogen) atoms. The van der Waals surface area contributed by atoms with Crippen LogP contribution in [0.3, 0.4) is 0 Å². The number of carbonyl (C=O) groups is 1. The van der Waals surface area contributed by atoms with Gasteiger partial charge in [-0.05, 0) is 51.3 Å². The summed E-state index contributed by atoms with van der Waals surface area (Å²) in [5.41, 5.74) is 2.46. The fourth-order valence-corrected chi connectivity index (χ4v) is 3.59. The van der Waals surface area contributed by atoms with Crippen LogP contribution in [-0.2, 0) is 11.3 Å². The summed E-state index contributed by atoms with van der Waals surface area (Å²) < 4.78 is 0. The molecule has 3 heteroatoms. The SMILES string of the molecule is Cc1ccc(CN2CCCC3(CCNCC3)C2=O)cc1. The van der Waals surface area contributed by atoms with Crippen molar-refractivity contribution in [3.8, 4) is 0 Å². The number of carbonyl (C=O) groups excluding carboxylic acids is 1. The van der Waals surface area contributed by atoms with Crippen molar-refractivity contribution < 1.29 is 4.79 Å². The standard InChI is InChI=1S/C17H24N2O/c1-14-3-5-15(6-4-14)13-19-12-2-7-17(16(19)20)8-10-18-11-9-17/h3-6,18H,2,7-13H2,1H3. The zero-order chi connectivity index (χ0) is 14.0. The Morgan fingerprint density at radius 3 is 2.55 bits per heavy atom. The first kappa shape index (κ1) is 13.6. The number of rotatable bonds is 2. The van der Waals surface area contributed by atoms with E-state index >= 15 is 0 Å². The van der Waals surface area contributed by atoms with Crippen molar-refractivity contribution in [2.75, 3.05) is 19.6 Å². The fraction of sp³-hybridized carbons (Fsp3) is 0.588. The monoisotopic (exact) mass is 272 g/mol. The third kappa shape index (κ3) is 2.59. The van der Waals surface area contributed by atoms with Crippen molar-refractivity contribution in [3.05, 3.63) is 35.4 Å². The molecule has 3 nitrogen and oxygen atoms in total. The van der Waals surface area contributed by atoms with Crippen molar-refractivity contribution in [1.29, 1.82) is 0 Å². The highest BCUT2D eigenvalue weighted by Gasteiger charge is 2.44. The minimum Gasteiger partial charge on any atom is -0.338 e. The summed E-state index contributed by atoms with van der Waals surface area (Å²) in [5.74, 6) is 0.394. The van der Waals surface area contributed by atoms with E-state index in [0.29, 0.717) is 5.91 Å².